The first-order valence-corrected chi connectivity index (χ1v) is 9.49. The molecule has 1 amide bonds. The zero-order valence-electron chi connectivity index (χ0n) is 16.0. The summed E-state index contributed by atoms with van der Waals surface area (Å²) >= 11 is 11.3. The first-order chi connectivity index (χ1) is 14.6. The third-order valence-electron chi connectivity index (χ3n) is 3.65. The highest BCUT2D eigenvalue weighted by molar-refractivity contribution is 6.30. The van der Waals surface area contributed by atoms with E-state index in [9.17, 15) is 22.8 Å². The van der Waals surface area contributed by atoms with E-state index in [0.29, 0.717) is 10.7 Å². The zero-order valence-corrected chi connectivity index (χ0v) is 17.6. The smallest absolute Gasteiger partial charge is 0.420 e. The predicted molar refractivity (Wildman–Crippen MR) is 114 cm³/mol. The average molecular weight is 470 g/mol. The summed E-state index contributed by atoms with van der Waals surface area (Å²) in [5.41, 5.74) is -1.29. The molecule has 0 fully saturated rings. The molecule has 0 atom stereocenters. The summed E-state index contributed by atoms with van der Waals surface area (Å²) < 4.78 is 43.9. The van der Waals surface area contributed by atoms with Gasteiger partial charge in [0.25, 0.3) is 5.91 Å². The summed E-state index contributed by atoms with van der Waals surface area (Å²) in [6, 6.07) is 18.4. The van der Waals surface area contributed by atoms with Crippen LogP contribution in [0.15, 0.2) is 72.8 Å². The molecule has 0 bridgehead atoms. The van der Waals surface area contributed by atoms with Crippen LogP contribution in [0, 0.1) is 0 Å². The van der Waals surface area contributed by atoms with E-state index in [4.69, 9.17) is 23.2 Å². The molecule has 3 rings (SSSR count). The fourth-order valence-corrected chi connectivity index (χ4v) is 2.61. The maximum absolute atomic E-state index is 13.1. The molecule has 3 aromatic rings. The van der Waals surface area contributed by atoms with E-state index in [-0.39, 0.29) is 0 Å². The van der Waals surface area contributed by atoms with Crippen LogP contribution in [0.1, 0.15) is 22.8 Å². The van der Waals surface area contributed by atoms with Gasteiger partial charge in [0.05, 0.1) is 11.1 Å². The van der Waals surface area contributed by atoms with E-state index in [1.807, 2.05) is 30.3 Å². The maximum Gasteiger partial charge on any atom is 0.420 e. The Morgan fingerprint density at radius 2 is 1.42 bits per heavy atom. The van der Waals surface area contributed by atoms with Crippen LogP contribution in [0.4, 0.5) is 18.9 Å². The van der Waals surface area contributed by atoms with E-state index in [0.717, 1.165) is 30.1 Å². The normalized spacial score (nSPS) is 10.5. The third kappa shape index (κ3) is 7.62. The van der Waals surface area contributed by atoms with Crippen molar-refractivity contribution in [2.45, 2.75) is 13.1 Å². The van der Waals surface area contributed by atoms with Crippen molar-refractivity contribution in [2.75, 3.05) is 5.32 Å². The van der Waals surface area contributed by atoms with Gasteiger partial charge in [0, 0.05) is 22.7 Å². The van der Waals surface area contributed by atoms with E-state index in [2.05, 4.69) is 10.1 Å². The van der Waals surface area contributed by atoms with Crippen molar-refractivity contribution < 1.29 is 27.5 Å². The van der Waals surface area contributed by atoms with Gasteiger partial charge in [0.2, 0.25) is 0 Å². The van der Waals surface area contributed by atoms with Gasteiger partial charge in [-0.05, 0) is 48.5 Å². The molecule has 0 saturated carbocycles. The largest absolute Gasteiger partial charge is 0.425 e. The fraction of sp³-hybridized carbons (Fsp3) is 0.0909. The Labute approximate surface area is 186 Å². The Kier molecular flexibility index (Phi) is 8.47. The standard InChI is InChI=1S/C16H11ClF3NO3.C6H5Cl/c1-9(22)24-14-12(3-2-4-13(14)16(18,19)20)15(23)21-11-7-5-10(17)6-8-11;7-6-4-2-1-3-5-6/h2-8H,1H3,(H,21,23);1-5H. The number of carbonyl (C=O) groups is 2. The summed E-state index contributed by atoms with van der Waals surface area (Å²) in [6.07, 6.45) is -4.78. The van der Waals surface area contributed by atoms with Gasteiger partial charge in [-0.25, -0.2) is 0 Å². The van der Waals surface area contributed by atoms with Crippen molar-refractivity contribution in [1.82, 2.24) is 0 Å². The topological polar surface area (TPSA) is 55.4 Å². The number of para-hydroxylation sites is 1. The molecule has 0 radical (unpaired) electrons. The summed E-state index contributed by atoms with van der Waals surface area (Å²) in [5, 5.41) is 3.65. The van der Waals surface area contributed by atoms with Gasteiger partial charge in [-0.15, -0.1) is 0 Å². The highest BCUT2D eigenvalue weighted by atomic mass is 35.5. The number of anilines is 1. The van der Waals surface area contributed by atoms with Crippen molar-refractivity contribution in [3.8, 4) is 5.75 Å². The number of hydrogen-bond acceptors (Lipinski definition) is 3. The molecule has 0 spiro atoms. The fourth-order valence-electron chi connectivity index (χ4n) is 2.34. The van der Waals surface area contributed by atoms with Crippen molar-refractivity contribution in [3.63, 3.8) is 0 Å². The van der Waals surface area contributed by atoms with Gasteiger partial charge in [-0.1, -0.05) is 47.5 Å². The van der Waals surface area contributed by atoms with Gasteiger partial charge in [-0.3, -0.25) is 9.59 Å². The summed E-state index contributed by atoms with van der Waals surface area (Å²) in [7, 11) is 0. The minimum Gasteiger partial charge on any atom is -0.425 e. The van der Waals surface area contributed by atoms with E-state index in [1.54, 1.807) is 0 Å². The average Bonchev–Trinajstić information content (AvgIpc) is 2.69. The number of alkyl halides is 3. The number of hydrogen-bond donors (Lipinski definition) is 1. The number of carbonyl (C=O) groups excluding carboxylic acids is 2. The Balaban J connectivity index is 0.000000412. The van der Waals surface area contributed by atoms with E-state index >= 15 is 0 Å². The Morgan fingerprint density at radius 1 is 0.839 bits per heavy atom. The van der Waals surface area contributed by atoms with Crippen LogP contribution < -0.4 is 10.1 Å². The summed E-state index contributed by atoms with van der Waals surface area (Å²) in [4.78, 5) is 23.4. The quantitative estimate of drug-likeness (QED) is 0.336. The van der Waals surface area contributed by atoms with Crippen LogP contribution in [-0.4, -0.2) is 11.9 Å². The SMILES string of the molecule is CC(=O)Oc1c(C(=O)Nc2ccc(Cl)cc2)cccc1C(F)(F)F.Clc1ccccc1. The molecular weight excluding hydrogens is 454 g/mol. The lowest BCUT2D eigenvalue weighted by atomic mass is 10.1. The van der Waals surface area contributed by atoms with Crippen LogP contribution in [0.3, 0.4) is 0 Å². The van der Waals surface area contributed by atoms with Crippen LogP contribution in [0.2, 0.25) is 10.0 Å². The molecule has 4 nitrogen and oxygen atoms in total. The minimum atomic E-state index is -4.78. The first-order valence-electron chi connectivity index (χ1n) is 8.74. The van der Waals surface area contributed by atoms with Crippen molar-refractivity contribution in [3.05, 3.63) is 94.0 Å². The molecule has 0 saturated heterocycles. The molecule has 0 heterocycles. The molecule has 3 aromatic carbocycles. The number of halogens is 5. The van der Waals surface area contributed by atoms with Gasteiger partial charge in [0.1, 0.15) is 0 Å². The lowest BCUT2D eigenvalue weighted by molar-refractivity contribution is -0.141. The number of benzene rings is 3. The van der Waals surface area contributed by atoms with E-state index in [1.165, 1.54) is 24.3 Å². The second-order valence-corrected chi connectivity index (χ2v) is 6.90. The monoisotopic (exact) mass is 469 g/mol. The lowest BCUT2D eigenvalue weighted by Crippen LogP contribution is -2.18. The molecular formula is C22H16Cl2F3NO3. The Bertz CT molecular complexity index is 1040. The third-order valence-corrected chi connectivity index (χ3v) is 4.15. The number of amides is 1. The Morgan fingerprint density at radius 3 is 1.90 bits per heavy atom. The molecule has 0 aliphatic rings. The van der Waals surface area contributed by atoms with Crippen LogP contribution >= 0.6 is 23.2 Å². The number of nitrogens with one attached hydrogen (secondary N) is 1. The van der Waals surface area contributed by atoms with Gasteiger partial charge in [-0.2, -0.15) is 13.2 Å². The summed E-state index contributed by atoms with van der Waals surface area (Å²) in [6.45, 7) is 0.952. The predicted octanol–water partition coefficient (Wildman–Crippen LogP) is 6.88. The maximum atomic E-state index is 13.1. The second kappa shape index (κ2) is 10.8. The number of rotatable bonds is 3. The molecule has 0 aliphatic heterocycles. The Hall–Kier alpha value is -3.03. The number of ether oxygens (including phenoxy) is 1. The molecule has 0 aliphatic carbocycles. The van der Waals surface area contributed by atoms with E-state index < -0.39 is 34.9 Å². The summed E-state index contributed by atoms with van der Waals surface area (Å²) in [5.74, 6) is -2.64. The number of esters is 1. The van der Waals surface area contributed by atoms with Crippen molar-refractivity contribution in [2.24, 2.45) is 0 Å². The second-order valence-electron chi connectivity index (χ2n) is 6.03. The molecule has 9 heteroatoms. The van der Waals surface area contributed by atoms with Crippen LogP contribution in [0.5, 0.6) is 5.75 Å². The highest BCUT2D eigenvalue weighted by Gasteiger charge is 2.36. The lowest BCUT2D eigenvalue weighted by Gasteiger charge is -2.15. The minimum absolute atomic E-state index is 0.329. The van der Waals surface area contributed by atoms with Gasteiger partial charge >= 0.3 is 12.1 Å². The van der Waals surface area contributed by atoms with Crippen LogP contribution in [0.25, 0.3) is 0 Å². The molecule has 31 heavy (non-hydrogen) atoms. The molecule has 1 N–H and O–H groups in total. The molecule has 162 valence electrons. The highest BCUT2D eigenvalue weighted by Crippen LogP contribution is 2.38. The first kappa shape index (κ1) is 24.2. The van der Waals surface area contributed by atoms with Crippen LogP contribution in [-0.2, 0) is 11.0 Å². The van der Waals surface area contributed by atoms with Gasteiger partial charge < -0.3 is 10.1 Å². The molecule has 0 unspecified atom stereocenters. The van der Waals surface area contributed by atoms with Gasteiger partial charge in [0.15, 0.2) is 5.75 Å². The van der Waals surface area contributed by atoms with Crippen molar-refractivity contribution in [1.29, 1.82) is 0 Å². The van der Waals surface area contributed by atoms with Crippen molar-refractivity contribution >= 4 is 40.8 Å². The zero-order chi connectivity index (χ0) is 23.0. The molecule has 0 aromatic heterocycles.